The number of hydrogen-bond donors (Lipinski definition) is 2. The predicted octanol–water partition coefficient (Wildman–Crippen LogP) is -0.776. The van der Waals surface area contributed by atoms with E-state index in [0.29, 0.717) is 0 Å². The Morgan fingerprint density at radius 1 is 1.64 bits per heavy atom. The van der Waals surface area contributed by atoms with Gasteiger partial charge in [-0.1, -0.05) is 0 Å². The number of carbonyl (C=O) groups is 1. The second-order valence-corrected chi connectivity index (χ2v) is 2.74. The Morgan fingerprint density at radius 2 is 2.14 bits per heavy atom. The van der Waals surface area contributed by atoms with Crippen LogP contribution in [-0.4, -0.2) is 37.9 Å². The summed E-state index contributed by atoms with van der Waals surface area (Å²) in [5, 5.41) is 0. The summed E-state index contributed by atoms with van der Waals surface area (Å²) in [6.07, 6.45) is -0.323. The van der Waals surface area contributed by atoms with Crippen molar-refractivity contribution >= 4 is 12.7 Å². The molecule has 0 heterocycles. The molecule has 0 aliphatic rings. The van der Waals surface area contributed by atoms with Crippen LogP contribution in [0, 0.1) is 0 Å². The molecule has 0 fully saturated rings. The molecule has 0 aromatic heterocycles. The molecule has 1 atom stereocenters. The van der Waals surface area contributed by atoms with Crippen LogP contribution < -0.4 is 11.5 Å². The van der Waals surface area contributed by atoms with E-state index in [4.69, 9.17) is 11.5 Å². The van der Waals surface area contributed by atoms with Gasteiger partial charge < -0.3 is 21.1 Å². The van der Waals surface area contributed by atoms with Crippen LogP contribution in [0.25, 0.3) is 0 Å². The van der Waals surface area contributed by atoms with Gasteiger partial charge in [0.2, 0.25) is 0 Å². The van der Waals surface area contributed by atoms with Gasteiger partial charge in [0.25, 0.3) is 0 Å². The van der Waals surface area contributed by atoms with E-state index in [1.165, 1.54) is 12.0 Å². The number of hydrogen-bond acceptors (Lipinski definition) is 6. The summed E-state index contributed by atoms with van der Waals surface area (Å²) < 4.78 is 4.48. The van der Waals surface area contributed by atoms with Gasteiger partial charge >= 0.3 is 5.97 Å². The summed E-state index contributed by atoms with van der Waals surface area (Å²) >= 11 is 0. The highest BCUT2D eigenvalue weighted by Gasteiger charge is 2.16. The van der Waals surface area contributed by atoms with Gasteiger partial charge in [-0.3, -0.25) is 4.99 Å². The lowest BCUT2D eigenvalue weighted by atomic mass is 10.4. The van der Waals surface area contributed by atoms with Crippen LogP contribution in [0.1, 0.15) is 6.92 Å². The molecule has 0 aliphatic carbocycles. The first-order chi connectivity index (χ1) is 6.45. The zero-order chi connectivity index (χ0) is 11.3. The summed E-state index contributed by atoms with van der Waals surface area (Å²) in [6.45, 7) is 4.96. The van der Waals surface area contributed by atoms with Crippen LogP contribution in [0.2, 0.25) is 0 Å². The standard InChI is InChI=1S/C8H16N4O2/c1-5(9)12(3)7(10)6(11-2)8(13)14-4/h5H,2,9-10H2,1,3-4H3/b7-6-. The molecule has 80 valence electrons. The Balaban J connectivity index is 5.01. The molecule has 4 N–H and O–H groups in total. The van der Waals surface area contributed by atoms with Crippen molar-refractivity contribution in [1.82, 2.24) is 4.90 Å². The van der Waals surface area contributed by atoms with Crippen LogP contribution in [0.3, 0.4) is 0 Å². The summed E-state index contributed by atoms with van der Waals surface area (Å²) in [5.74, 6) is -0.494. The number of ether oxygens (including phenoxy) is 1. The molecule has 0 saturated carbocycles. The minimum Gasteiger partial charge on any atom is -0.464 e. The van der Waals surface area contributed by atoms with Crippen LogP contribution >= 0.6 is 0 Å². The predicted molar refractivity (Wildman–Crippen MR) is 54.2 cm³/mol. The maximum Gasteiger partial charge on any atom is 0.360 e. The van der Waals surface area contributed by atoms with Crippen molar-refractivity contribution in [3.63, 3.8) is 0 Å². The zero-order valence-corrected chi connectivity index (χ0v) is 8.65. The van der Waals surface area contributed by atoms with Gasteiger partial charge in [-0.25, -0.2) is 4.79 Å². The second kappa shape index (κ2) is 5.23. The Hall–Kier alpha value is -1.56. The van der Waals surface area contributed by atoms with Gasteiger partial charge in [0.1, 0.15) is 5.82 Å². The first-order valence-electron chi connectivity index (χ1n) is 3.98. The maximum atomic E-state index is 11.2. The largest absolute Gasteiger partial charge is 0.464 e. The second-order valence-electron chi connectivity index (χ2n) is 2.74. The Labute approximate surface area is 83.2 Å². The van der Waals surface area contributed by atoms with E-state index in [-0.39, 0.29) is 17.7 Å². The van der Waals surface area contributed by atoms with Crippen molar-refractivity contribution in [2.45, 2.75) is 13.1 Å². The van der Waals surface area contributed by atoms with Crippen LogP contribution in [0.5, 0.6) is 0 Å². The average Bonchev–Trinajstić information content (AvgIpc) is 2.16. The van der Waals surface area contributed by atoms with E-state index in [1.807, 2.05) is 0 Å². The Morgan fingerprint density at radius 3 is 2.43 bits per heavy atom. The molecule has 0 aromatic rings. The van der Waals surface area contributed by atoms with E-state index < -0.39 is 5.97 Å². The molecule has 0 saturated heterocycles. The van der Waals surface area contributed by atoms with Crippen molar-refractivity contribution < 1.29 is 9.53 Å². The fraction of sp³-hybridized carbons (Fsp3) is 0.500. The number of rotatable bonds is 4. The van der Waals surface area contributed by atoms with Gasteiger partial charge in [0, 0.05) is 7.05 Å². The summed E-state index contributed by atoms with van der Waals surface area (Å²) in [4.78, 5) is 16.1. The van der Waals surface area contributed by atoms with Crippen LogP contribution in [0.4, 0.5) is 0 Å². The number of esters is 1. The number of nitrogens with two attached hydrogens (primary N) is 2. The molecule has 0 aromatic carbocycles. The smallest absolute Gasteiger partial charge is 0.360 e. The molecule has 0 spiro atoms. The van der Waals surface area contributed by atoms with Crippen molar-refractivity contribution in [2.75, 3.05) is 14.2 Å². The third-order valence-corrected chi connectivity index (χ3v) is 1.77. The molecule has 0 bridgehead atoms. The van der Waals surface area contributed by atoms with E-state index in [1.54, 1.807) is 14.0 Å². The zero-order valence-electron chi connectivity index (χ0n) is 8.65. The van der Waals surface area contributed by atoms with Crippen LogP contribution in [-0.2, 0) is 9.53 Å². The molecule has 1 unspecified atom stereocenters. The van der Waals surface area contributed by atoms with E-state index in [0.717, 1.165) is 0 Å². The Bertz CT molecular complexity index is 260. The molecule has 0 aliphatic heterocycles. The molecule has 0 radical (unpaired) electrons. The minimum absolute atomic E-state index is 0.0349. The lowest BCUT2D eigenvalue weighted by Crippen LogP contribution is -2.39. The topological polar surface area (TPSA) is 93.9 Å². The van der Waals surface area contributed by atoms with Gasteiger partial charge in [0.15, 0.2) is 5.70 Å². The number of methoxy groups -OCH3 is 1. The normalized spacial score (nSPS) is 14.0. The highest BCUT2D eigenvalue weighted by molar-refractivity contribution is 5.89. The van der Waals surface area contributed by atoms with E-state index in [2.05, 4.69) is 16.4 Å². The highest BCUT2D eigenvalue weighted by atomic mass is 16.5. The monoisotopic (exact) mass is 200 g/mol. The maximum absolute atomic E-state index is 11.2. The SMILES string of the molecule is C=N/C(C(=O)OC)=C(/N)N(C)C(C)N. The molecule has 6 heteroatoms. The highest BCUT2D eigenvalue weighted by Crippen LogP contribution is 2.07. The third-order valence-electron chi connectivity index (χ3n) is 1.77. The van der Waals surface area contributed by atoms with Gasteiger partial charge in [-0.15, -0.1) is 0 Å². The first-order valence-corrected chi connectivity index (χ1v) is 3.98. The van der Waals surface area contributed by atoms with Crippen molar-refractivity contribution in [2.24, 2.45) is 16.5 Å². The lowest BCUT2D eigenvalue weighted by Gasteiger charge is -2.24. The van der Waals surface area contributed by atoms with Gasteiger partial charge in [0.05, 0.1) is 13.3 Å². The molecular weight excluding hydrogens is 184 g/mol. The number of nitrogens with zero attached hydrogens (tertiary/aromatic N) is 2. The third kappa shape index (κ3) is 2.74. The molecular formula is C8H16N4O2. The Kier molecular flexibility index (Phi) is 4.65. The summed E-state index contributed by atoms with van der Waals surface area (Å²) in [7, 11) is 2.89. The minimum atomic E-state index is -0.634. The number of carbonyl (C=O) groups excluding carboxylic acids is 1. The summed E-state index contributed by atoms with van der Waals surface area (Å²) in [5.41, 5.74) is 11.2. The van der Waals surface area contributed by atoms with Crippen LogP contribution in [0.15, 0.2) is 16.5 Å². The summed E-state index contributed by atoms with van der Waals surface area (Å²) in [6, 6.07) is 0. The molecule has 0 amide bonds. The molecule has 6 nitrogen and oxygen atoms in total. The van der Waals surface area contributed by atoms with Gasteiger partial charge in [-0.2, -0.15) is 0 Å². The van der Waals surface area contributed by atoms with Gasteiger partial charge in [-0.05, 0) is 13.6 Å². The van der Waals surface area contributed by atoms with Crippen molar-refractivity contribution in [3.8, 4) is 0 Å². The molecule has 14 heavy (non-hydrogen) atoms. The fourth-order valence-electron chi connectivity index (χ4n) is 0.733. The van der Waals surface area contributed by atoms with E-state index in [9.17, 15) is 4.79 Å². The number of aliphatic imine (C=N–C) groups is 1. The average molecular weight is 200 g/mol. The van der Waals surface area contributed by atoms with Crippen molar-refractivity contribution in [3.05, 3.63) is 11.5 Å². The molecule has 0 rings (SSSR count). The fourth-order valence-corrected chi connectivity index (χ4v) is 0.733. The lowest BCUT2D eigenvalue weighted by molar-refractivity contribution is -0.136. The van der Waals surface area contributed by atoms with E-state index >= 15 is 0 Å². The first kappa shape index (κ1) is 12.4. The quantitative estimate of drug-likeness (QED) is 0.269. The van der Waals surface area contributed by atoms with Crippen molar-refractivity contribution in [1.29, 1.82) is 0 Å².